The monoisotopic (exact) mass is 346 g/mol. The van der Waals surface area contributed by atoms with Crippen LogP contribution in [0.1, 0.15) is 32.6 Å². The molecule has 0 unspecified atom stereocenters. The van der Waals surface area contributed by atoms with Crippen LogP contribution in [0.3, 0.4) is 0 Å². The highest BCUT2D eigenvalue weighted by atomic mass is 32.2. The van der Waals surface area contributed by atoms with Crippen molar-refractivity contribution in [3.8, 4) is 0 Å². The minimum absolute atomic E-state index is 0.199. The van der Waals surface area contributed by atoms with Crippen molar-refractivity contribution in [2.45, 2.75) is 43.5 Å². The lowest BCUT2D eigenvalue weighted by Gasteiger charge is -2.34. The summed E-state index contributed by atoms with van der Waals surface area (Å²) in [6.45, 7) is 1.93. The predicted molar refractivity (Wildman–Crippen MR) is 81.2 cm³/mol. The molecule has 1 saturated heterocycles. The maximum absolute atomic E-state index is 13.9. The number of sulfonamides is 1. The normalized spacial score (nSPS) is 19.5. The van der Waals surface area contributed by atoms with Crippen molar-refractivity contribution in [2.75, 3.05) is 13.1 Å². The van der Waals surface area contributed by atoms with Crippen molar-refractivity contribution in [3.05, 3.63) is 29.8 Å². The molecule has 1 aromatic rings. The molecular weight excluding hydrogens is 326 g/mol. The molecule has 23 heavy (non-hydrogen) atoms. The van der Waals surface area contributed by atoms with Gasteiger partial charge >= 0.3 is 0 Å². The SMILES string of the molecule is CC(=O)NCC[C@@H]1CCCCN1S(=O)(=O)c1c(F)cccc1F. The van der Waals surface area contributed by atoms with Crippen LogP contribution in [0.25, 0.3) is 0 Å². The van der Waals surface area contributed by atoms with E-state index in [4.69, 9.17) is 0 Å². The third-order valence-corrected chi connectivity index (χ3v) is 5.91. The quantitative estimate of drug-likeness (QED) is 0.887. The highest BCUT2D eigenvalue weighted by Gasteiger charge is 2.36. The van der Waals surface area contributed by atoms with Crippen LogP contribution in [0.5, 0.6) is 0 Å². The summed E-state index contributed by atoms with van der Waals surface area (Å²) in [4.78, 5) is 10.0. The Morgan fingerprint density at radius 3 is 2.57 bits per heavy atom. The number of hydrogen-bond acceptors (Lipinski definition) is 3. The summed E-state index contributed by atoms with van der Waals surface area (Å²) in [6, 6.07) is 2.63. The van der Waals surface area contributed by atoms with Gasteiger partial charge in [0.1, 0.15) is 11.6 Å². The number of piperidine rings is 1. The lowest BCUT2D eigenvalue weighted by molar-refractivity contribution is -0.119. The second-order valence-corrected chi connectivity index (χ2v) is 7.42. The van der Waals surface area contributed by atoms with E-state index < -0.39 is 26.6 Å². The second kappa shape index (κ2) is 7.35. The van der Waals surface area contributed by atoms with Crippen molar-refractivity contribution in [1.29, 1.82) is 0 Å². The smallest absolute Gasteiger partial charge is 0.249 e. The molecule has 1 aromatic carbocycles. The van der Waals surface area contributed by atoms with Crippen molar-refractivity contribution >= 4 is 15.9 Å². The third-order valence-electron chi connectivity index (χ3n) is 3.91. The molecule has 1 aliphatic heterocycles. The maximum atomic E-state index is 13.9. The van der Waals surface area contributed by atoms with E-state index in [0.29, 0.717) is 25.8 Å². The van der Waals surface area contributed by atoms with Gasteiger partial charge < -0.3 is 5.32 Å². The fourth-order valence-electron chi connectivity index (χ4n) is 2.84. The second-order valence-electron chi connectivity index (χ2n) is 5.59. The van der Waals surface area contributed by atoms with Gasteiger partial charge in [-0.15, -0.1) is 0 Å². The summed E-state index contributed by atoms with van der Waals surface area (Å²) in [6.07, 6.45) is 2.51. The summed E-state index contributed by atoms with van der Waals surface area (Å²) in [5.41, 5.74) is 0. The van der Waals surface area contributed by atoms with E-state index in [0.717, 1.165) is 24.6 Å². The zero-order chi connectivity index (χ0) is 17.0. The standard InChI is InChI=1S/C15H20F2N2O3S/c1-11(20)18-9-8-12-5-2-3-10-19(12)23(21,22)15-13(16)6-4-7-14(15)17/h4,6-7,12H,2-3,5,8-10H2,1H3,(H,18,20)/t12-/m0/s1. The molecule has 0 saturated carbocycles. The maximum Gasteiger partial charge on any atom is 0.249 e. The number of rotatable bonds is 5. The third kappa shape index (κ3) is 4.06. The lowest BCUT2D eigenvalue weighted by atomic mass is 10.0. The largest absolute Gasteiger partial charge is 0.356 e. The van der Waals surface area contributed by atoms with E-state index in [1.165, 1.54) is 11.2 Å². The number of halogens is 2. The first kappa shape index (κ1) is 17.8. The van der Waals surface area contributed by atoms with E-state index >= 15 is 0 Å². The highest BCUT2D eigenvalue weighted by Crippen LogP contribution is 2.29. The van der Waals surface area contributed by atoms with Gasteiger partial charge in [0, 0.05) is 26.1 Å². The summed E-state index contributed by atoms with van der Waals surface area (Å²) < 4.78 is 54.3. The van der Waals surface area contributed by atoms with Gasteiger partial charge in [-0.3, -0.25) is 4.79 Å². The van der Waals surface area contributed by atoms with Gasteiger partial charge in [-0.2, -0.15) is 4.31 Å². The van der Waals surface area contributed by atoms with Crippen molar-refractivity contribution in [2.24, 2.45) is 0 Å². The van der Waals surface area contributed by atoms with Gasteiger partial charge in [-0.25, -0.2) is 17.2 Å². The van der Waals surface area contributed by atoms with Crippen molar-refractivity contribution in [1.82, 2.24) is 9.62 Å². The van der Waals surface area contributed by atoms with E-state index in [-0.39, 0.29) is 18.5 Å². The van der Waals surface area contributed by atoms with Crippen molar-refractivity contribution in [3.63, 3.8) is 0 Å². The molecule has 1 heterocycles. The minimum Gasteiger partial charge on any atom is -0.356 e. The Kier molecular flexibility index (Phi) is 5.69. The first-order valence-electron chi connectivity index (χ1n) is 7.54. The first-order chi connectivity index (χ1) is 10.8. The number of hydrogen-bond donors (Lipinski definition) is 1. The van der Waals surface area contributed by atoms with E-state index in [2.05, 4.69) is 5.32 Å². The van der Waals surface area contributed by atoms with Crippen LogP contribution >= 0.6 is 0 Å². The molecule has 128 valence electrons. The molecule has 0 bridgehead atoms. The Morgan fingerprint density at radius 1 is 1.30 bits per heavy atom. The first-order valence-corrected chi connectivity index (χ1v) is 8.98. The topological polar surface area (TPSA) is 66.5 Å². The molecule has 0 radical (unpaired) electrons. The van der Waals surface area contributed by atoms with E-state index in [9.17, 15) is 22.0 Å². The summed E-state index contributed by atoms with van der Waals surface area (Å²) >= 11 is 0. The van der Waals surface area contributed by atoms with Gasteiger partial charge in [0.2, 0.25) is 15.9 Å². The number of amides is 1. The van der Waals surface area contributed by atoms with Crippen LogP contribution in [-0.4, -0.2) is 37.8 Å². The van der Waals surface area contributed by atoms with Crippen molar-refractivity contribution < 1.29 is 22.0 Å². The fraction of sp³-hybridized carbons (Fsp3) is 0.533. The number of benzene rings is 1. The van der Waals surface area contributed by atoms with Gasteiger partial charge in [0.15, 0.2) is 4.90 Å². The highest BCUT2D eigenvalue weighted by molar-refractivity contribution is 7.89. The Bertz CT molecular complexity index is 659. The van der Waals surface area contributed by atoms with Gasteiger partial charge in [0.05, 0.1) is 0 Å². The fourth-order valence-corrected chi connectivity index (χ4v) is 4.68. The van der Waals surface area contributed by atoms with E-state index in [1.807, 2.05) is 0 Å². The van der Waals surface area contributed by atoms with Crippen LogP contribution in [0.4, 0.5) is 8.78 Å². The molecule has 1 N–H and O–H groups in total. The van der Waals surface area contributed by atoms with Crippen LogP contribution in [0.2, 0.25) is 0 Å². The molecule has 1 atom stereocenters. The van der Waals surface area contributed by atoms with Crippen LogP contribution < -0.4 is 5.32 Å². The Balaban J connectivity index is 2.26. The minimum atomic E-state index is -4.25. The Morgan fingerprint density at radius 2 is 1.96 bits per heavy atom. The summed E-state index contributed by atoms with van der Waals surface area (Å²) in [5.74, 6) is -2.37. The molecular formula is C15H20F2N2O3S. The van der Waals surface area contributed by atoms with Gasteiger partial charge in [-0.05, 0) is 31.4 Å². The zero-order valence-corrected chi connectivity index (χ0v) is 13.7. The molecule has 1 fully saturated rings. The molecule has 5 nitrogen and oxygen atoms in total. The summed E-state index contributed by atoms with van der Waals surface area (Å²) in [7, 11) is -4.25. The predicted octanol–water partition coefficient (Wildman–Crippen LogP) is 2.03. The Labute approximate surface area is 134 Å². The average molecular weight is 346 g/mol. The van der Waals surface area contributed by atoms with Gasteiger partial charge in [0.25, 0.3) is 0 Å². The molecule has 1 amide bonds. The number of nitrogens with zero attached hydrogens (tertiary/aromatic N) is 1. The van der Waals surface area contributed by atoms with Crippen LogP contribution in [-0.2, 0) is 14.8 Å². The number of nitrogens with one attached hydrogen (secondary N) is 1. The zero-order valence-electron chi connectivity index (χ0n) is 12.9. The molecule has 0 aliphatic carbocycles. The molecule has 0 aromatic heterocycles. The number of carbonyl (C=O) groups is 1. The summed E-state index contributed by atoms with van der Waals surface area (Å²) in [5, 5.41) is 2.62. The van der Waals surface area contributed by atoms with Gasteiger partial charge in [-0.1, -0.05) is 12.5 Å². The van der Waals surface area contributed by atoms with Crippen LogP contribution in [0, 0.1) is 11.6 Å². The molecule has 0 spiro atoms. The average Bonchev–Trinajstić information content (AvgIpc) is 2.47. The molecule has 2 rings (SSSR count). The molecule has 8 heteroatoms. The molecule has 1 aliphatic rings. The number of carbonyl (C=O) groups excluding carboxylic acids is 1. The Hall–Kier alpha value is -1.54. The lowest BCUT2D eigenvalue weighted by Crippen LogP contribution is -2.45. The van der Waals surface area contributed by atoms with Crippen LogP contribution in [0.15, 0.2) is 23.1 Å². The van der Waals surface area contributed by atoms with E-state index in [1.54, 1.807) is 0 Å².